The van der Waals surface area contributed by atoms with Crippen LogP contribution in [0.1, 0.15) is 48.2 Å². The zero-order chi connectivity index (χ0) is 16.1. The summed E-state index contributed by atoms with van der Waals surface area (Å²) in [5.74, 6) is -0.202. The first-order valence-electron chi connectivity index (χ1n) is 8.11. The van der Waals surface area contributed by atoms with Gasteiger partial charge in [0.15, 0.2) is 5.69 Å². The summed E-state index contributed by atoms with van der Waals surface area (Å²) in [5, 5.41) is 2.96. The molecule has 1 aliphatic rings. The lowest BCUT2D eigenvalue weighted by atomic mass is 9.94. The molecule has 0 aliphatic heterocycles. The van der Waals surface area contributed by atoms with Crippen LogP contribution in [-0.2, 0) is 6.54 Å². The number of carbonyl (C=O) groups is 1. The fraction of sp³-hybridized carbons (Fsp3) is 0.471. The van der Waals surface area contributed by atoms with Crippen molar-refractivity contribution in [3.05, 3.63) is 41.7 Å². The summed E-state index contributed by atoms with van der Waals surface area (Å²) in [6.07, 6.45) is 8.05. The Bertz CT molecular complexity index is 638. The van der Waals surface area contributed by atoms with Crippen LogP contribution in [0.5, 0.6) is 0 Å². The Labute approximate surface area is 141 Å². The molecule has 0 radical (unpaired) electrons. The molecule has 122 valence electrons. The van der Waals surface area contributed by atoms with Crippen molar-refractivity contribution in [2.24, 2.45) is 0 Å². The molecule has 1 heterocycles. The maximum absolute atomic E-state index is 12.2. The minimum absolute atomic E-state index is 0.202. The Kier molecular flexibility index (Phi) is 5.35. The summed E-state index contributed by atoms with van der Waals surface area (Å²) in [5.41, 5.74) is 2.36. The third-order valence-corrected chi connectivity index (χ3v) is 4.96. The monoisotopic (exact) mass is 330 g/mol. The van der Waals surface area contributed by atoms with Gasteiger partial charge in [-0.1, -0.05) is 37.5 Å². The molecule has 0 bridgehead atoms. The van der Waals surface area contributed by atoms with Crippen molar-refractivity contribution in [3.63, 3.8) is 0 Å². The summed E-state index contributed by atoms with van der Waals surface area (Å²) in [4.78, 5) is 14.6. The number of para-hydroxylation sites is 1. The second kappa shape index (κ2) is 7.66. The predicted molar refractivity (Wildman–Crippen MR) is 92.6 cm³/mol. The summed E-state index contributed by atoms with van der Waals surface area (Å²) in [7, 11) is 2.18. The van der Waals surface area contributed by atoms with Crippen molar-refractivity contribution in [1.82, 2.24) is 13.6 Å². The van der Waals surface area contributed by atoms with Crippen LogP contribution in [0.25, 0.3) is 0 Å². The number of amides is 1. The number of rotatable bonds is 5. The molecule has 3 rings (SSSR count). The van der Waals surface area contributed by atoms with E-state index in [1.165, 1.54) is 38.3 Å². The number of hydrogen-bond donors (Lipinski definition) is 1. The largest absolute Gasteiger partial charge is 0.320 e. The summed E-state index contributed by atoms with van der Waals surface area (Å²) in [6.45, 7) is 0.844. The second-order valence-electron chi connectivity index (χ2n) is 6.11. The summed E-state index contributed by atoms with van der Waals surface area (Å²) < 4.78 is 7.86. The van der Waals surface area contributed by atoms with Gasteiger partial charge in [0, 0.05) is 18.3 Å². The lowest BCUT2D eigenvalue weighted by molar-refractivity contribution is 0.102. The first kappa shape index (κ1) is 16.1. The fourth-order valence-corrected chi connectivity index (χ4v) is 3.56. The molecule has 1 fully saturated rings. The SMILES string of the molecule is CN(Cc1ccccc1NC(=O)c1cnsn1)C1CCCCC1. The molecule has 1 amide bonds. The van der Waals surface area contributed by atoms with E-state index in [1.54, 1.807) is 0 Å². The molecule has 0 saturated heterocycles. The number of aromatic nitrogens is 2. The molecule has 1 saturated carbocycles. The third-order valence-electron chi connectivity index (χ3n) is 4.48. The molecule has 6 heteroatoms. The van der Waals surface area contributed by atoms with E-state index in [9.17, 15) is 4.79 Å². The van der Waals surface area contributed by atoms with E-state index in [0.29, 0.717) is 11.7 Å². The standard InChI is InChI=1S/C17H22N4OS/c1-21(14-8-3-2-4-9-14)12-13-7-5-6-10-15(13)19-17(22)16-11-18-23-20-16/h5-7,10-11,14H,2-4,8-9,12H2,1H3,(H,19,22). The molecule has 0 atom stereocenters. The van der Waals surface area contributed by atoms with Crippen molar-refractivity contribution in [2.45, 2.75) is 44.7 Å². The molecule has 2 aromatic rings. The maximum atomic E-state index is 12.2. The van der Waals surface area contributed by atoms with Crippen LogP contribution in [0, 0.1) is 0 Å². The number of hydrogen-bond acceptors (Lipinski definition) is 5. The number of nitrogens with zero attached hydrogens (tertiary/aromatic N) is 3. The Morgan fingerprint density at radius 3 is 2.83 bits per heavy atom. The molecular formula is C17H22N4OS. The van der Waals surface area contributed by atoms with Gasteiger partial charge < -0.3 is 5.32 Å². The molecule has 1 aromatic heterocycles. The van der Waals surface area contributed by atoms with Gasteiger partial charge in [-0.15, -0.1) is 0 Å². The van der Waals surface area contributed by atoms with E-state index in [1.807, 2.05) is 18.2 Å². The van der Waals surface area contributed by atoms with Crippen LogP contribution in [0.15, 0.2) is 30.5 Å². The minimum Gasteiger partial charge on any atom is -0.320 e. The smallest absolute Gasteiger partial charge is 0.277 e. The highest BCUT2D eigenvalue weighted by atomic mass is 32.1. The highest BCUT2D eigenvalue weighted by Crippen LogP contribution is 2.25. The van der Waals surface area contributed by atoms with Crippen molar-refractivity contribution in [3.8, 4) is 0 Å². The van der Waals surface area contributed by atoms with Crippen LogP contribution in [-0.4, -0.2) is 32.6 Å². The van der Waals surface area contributed by atoms with E-state index in [0.717, 1.165) is 29.5 Å². The topological polar surface area (TPSA) is 58.1 Å². The van der Waals surface area contributed by atoms with Crippen molar-refractivity contribution >= 4 is 23.3 Å². The van der Waals surface area contributed by atoms with Gasteiger partial charge in [0.2, 0.25) is 0 Å². The zero-order valence-electron chi connectivity index (χ0n) is 13.4. The van der Waals surface area contributed by atoms with E-state index >= 15 is 0 Å². The highest BCUT2D eigenvalue weighted by Gasteiger charge is 2.19. The Balaban J connectivity index is 1.68. The molecule has 0 unspecified atom stereocenters. The average Bonchev–Trinajstić information content (AvgIpc) is 3.12. The number of carbonyl (C=O) groups excluding carboxylic acids is 1. The Morgan fingerprint density at radius 2 is 2.09 bits per heavy atom. The van der Waals surface area contributed by atoms with Crippen molar-refractivity contribution < 1.29 is 4.79 Å². The van der Waals surface area contributed by atoms with Crippen molar-refractivity contribution in [2.75, 3.05) is 12.4 Å². The van der Waals surface area contributed by atoms with Crippen LogP contribution in [0.3, 0.4) is 0 Å². The van der Waals surface area contributed by atoms with Gasteiger partial charge in [0.1, 0.15) is 0 Å². The number of anilines is 1. The Hall–Kier alpha value is -1.79. The Morgan fingerprint density at radius 1 is 1.30 bits per heavy atom. The lowest BCUT2D eigenvalue weighted by Crippen LogP contribution is -2.33. The van der Waals surface area contributed by atoms with Gasteiger partial charge in [-0.25, -0.2) is 0 Å². The van der Waals surface area contributed by atoms with Crippen LogP contribution in [0.2, 0.25) is 0 Å². The van der Waals surface area contributed by atoms with Crippen LogP contribution in [0.4, 0.5) is 5.69 Å². The summed E-state index contributed by atoms with van der Waals surface area (Å²) >= 11 is 1.04. The molecule has 23 heavy (non-hydrogen) atoms. The van der Waals surface area contributed by atoms with E-state index in [2.05, 4.69) is 32.1 Å². The first-order chi connectivity index (χ1) is 11.2. The molecule has 0 spiro atoms. The molecule has 1 aliphatic carbocycles. The summed E-state index contributed by atoms with van der Waals surface area (Å²) in [6, 6.07) is 8.63. The fourth-order valence-electron chi connectivity index (χ4n) is 3.15. The number of benzene rings is 1. The molecular weight excluding hydrogens is 308 g/mol. The first-order valence-corrected chi connectivity index (χ1v) is 8.84. The molecule has 1 N–H and O–H groups in total. The van der Waals surface area contributed by atoms with Crippen molar-refractivity contribution in [1.29, 1.82) is 0 Å². The van der Waals surface area contributed by atoms with Gasteiger partial charge in [0.05, 0.1) is 17.9 Å². The van der Waals surface area contributed by atoms with Gasteiger partial charge in [-0.2, -0.15) is 8.75 Å². The normalized spacial score (nSPS) is 15.7. The van der Waals surface area contributed by atoms with Crippen LogP contribution < -0.4 is 5.32 Å². The second-order valence-corrected chi connectivity index (χ2v) is 6.67. The maximum Gasteiger partial charge on any atom is 0.277 e. The number of nitrogens with one attached hydrogen (secondary N) is 1. The molecule has 5 nitrogen and oxygen atoms in total. The van der Waals surface area contributed by atoms with Gasteiger partial charge in [-0.3, -0.25) is 9.69 Å². The molecule has 1 aromatic carbocycles. The lowest BCUT2D eigenvalue weighted by Gasteiger charge is -2.31. The minimum atomic E-state index is -0.202. The zero-order valence-corrected chi connectivity index (χ0v) is 14.2. The quantitative estimate of drug-likeness (QED) is 0.911. The van der Waals surface area contributed by atoms with E-state index in [4.69, 9.17) is 0 Å². The average molecular weight is 330 g/mol. The van der Waals surface area contributed by atoms with E-state index in [-0.39, 0.29) is 5.91 Å². The van der Waals surface area contributed by atoms with Gasteiger partial charge in [0.25, 0.3) is 5.91 Å². The van der Waals surface area contributed by atoms with Crippen LogP contribution >= 0.6 is 11.7 Å². The highest BCUT2D eigenvalue weighted by molar-refractivity contribution is 6.99. The van der Waals surface area contributed by atoms with Gasteiger partial charge >= 0.3 is 0 Å². The van der Waals surface area contributed by atoms with Gasteiger partial charge in [-0.05, 0) is 31.5 Å². The third kappa shape index (κ3) is 4.14. The van der Waals surface area contributed by atoms with E-state index < -0.39 is 0 Å². The predicted octanol–water partition coefficient (Wildman–Crippen LogP) is 3.55.